The quantitative estimate of drug-likeness (QED) is 0.787. The molecule has 5 nitrogen and oxygen atoms in total. The summed E-state index contributed by atoms with van der Waals surface area (Å²) in [5.41, 5.74) is 0.669. The van der Waals surface area contributed by atoms with E-state index in [0.29, 0.717) is 11.3 Å². The Morgan fingerprint density at radius 1 is 1.47 bits per heavy atom. The first-order valence-corrected chi connectivity index (χ1v) is 6.76. The highest BCUT2D eigenvalue weighted by Gasteiger charge is 2.46. The summed E-state index contributed by atoms with van der Waals surface area (Å²) in [6, 6.07) is 4.37. The van der Waals surface area contributed by atoms with Crippen molar-refractivity contribution in [3.05, 3.63) is 23.8 Å². The number of carboxylic acid groups (broad SMARTS) is 1. The first-order chi connectivity index (χ1) is 8.85. The van der Waals surface area contributed by atoms with Crippen LogP contribution in [0.4, 0.5) is 0 Å². The van der Waals surface area contributed by atoms with Crippen molar-refractivity contribution in [2.45, 2.75) is 30.0 Å². The molecule has 1 aliphatic rings. The summed E-state index contributed by atoms with van der Waals surface area (Å²) in [5, 5.41) is 22.0. The number of carboxylic acids is 1. The fourth-order valence-corrected chi connectivity index (χ4v) is 3.59. The van der Waals surface area contributed by atoms with Crippen LogP contribution in [0.1, 0.15) is 24.8 Å². The second kappa shape index (κ2) is 4.94. The maximum atomic E-state index is 11.2. The average Bonchev–Trinajstić information content (AvgIpc) is 2.64. The third kappa shape index (κ3) is 2.64. The molecule has 2 atom stereocenters. The maximum absolute atomic E-state index is 11.2. The molecule has 0 spiro atoms. The Morgan fingerprint density at radius 2 is 2.16 bits per heavy atom. The van der Waals surface area contributed by atoms with E-state index >= 15 is 0 Å². The molecule has 3 N–H and O–H groups in total. The van der Waals surface area contributed by atoms with Crippen LogP contribution in [0.25, 0.3) is 0 Å². The lowest BCUT2D eigenvalue weighted by Crippen LogP contribution is -2.43. The van der Waals surface area contributed by atoms with E-state index in [4.69, 9.17) is 4.74 Å². The highest BCUT2D eigenvalue weighted by atomic mass is 32.2. The van der Waals surface area contributed by atoms with Crippen molar-refractivity contribution in [3.63, 3.8) is 0 Å². The molecule has 1 heterocycles. The van der Waals surface area contributed by atoms with Crippen LogP contribution >= 0.6 is 11.8 Å². The molecule has 0 radical (unpaired) electrons. The molecular formula is C13H17NO4S. The van der Waals surface area contributed by atoms with E-state index in [1.807, 2.05) is 13.8 Å². The van der Waals surface area contributed by atoms with Crippen LogP contribution in [0, 0.1) is 0 Å². The van der Waals surface area contributed by atoms with Gasteiger partial charge in [-0.2, -0.15) is 0 Å². The average molecular weight is 283 g/mol. The molecule has 1 fully saturated rings. The summed E-state index contributed by atoms with van der Waals surface area (Å²) in [5.74, 6) is -0.211. The zero-order chi connectivity index (χ0) is 14.2. The third-order valence-electron chi connectivity index (χ3n) is 3.20. The normalized spacial score (nSPS) is 25.2. The molecule has 0 unspecified atom stereocenters. The van der Waals surface area contributed by atoms with Crippen LogP contribution < -0.4 is 10.1 Å². The number of thioether (sulfide) groups is 1. The van der Waals surface area contributed by atoms with Crippen molar-refractivity contribution in [1.82, 2.24) is 5.32 Å². The number of phenols is 1. The topological polar surface area (TPSA) is 78.8 Å². The summed E-state index contributed by atoms with van der Waals surface area (Å²) < 4.78 is 4.59. The van der Waals surface area contributed by atoms with Gasteiger partial charge in [-0.3, -0.25) is 10.1 Å². The number of rotatable bonds is 3. The molecule has 19 heavy (non-hydrogen) atoms. The van der Waals surface area contributed by atoms with Crippen LogP contribution in [0.3, 0.4) is 0 Å². The number of aromatic hydroxyl groups is 1. The Labute approximate surface area is 116 Å². The first kappa shape index (κ1) is 14.0. The highest BCUT2D eigenvalue weighted by Crippen LogP contribution is 2.48. The summed E-state index contributed by atoms with van der Waals surface area (Å²) in [4.78, 5) is 11.2. The van der Waals surface area contributed by atoms with E-state index in [2.05, 4.69) is 5.32 Å². The monoisotopic (exact) mass is 283 g/mol. The van der Waals surface area contributed by atoms with Gasteiger partial charge in [0, 0.05) is 16.4 Å². The Bertz CT molecular complexity index is 503. The van der Waals surface area contributed by atoms with Crippen molar-refractivity contribution in [3.8, 4) is 11.5 Å². The fraction of sp³-hybridized carbons (Fsp3) is 0.462. The van der Waals surface area contributed by atoms with E-state index in [0.717, 1.165) is 0 Å². The molecular weight excluding hydrogens is 266 g/mol. The minimum absolute atomic E-state index is 0.103. The van der Waals surface area contributed by atoms with Gasteiger partial charge in [-0.05, 0) is 26.0 Å². The number of benzene rings is 1. The summed E-state index contributed by atoms with van der Waals surface area (Å²) in [7, 11) is 1.53. The van der Waals surface area contributed by atoms with Crippen LogP contribution in [0.15, 0.2) is 18.2 Å². The van der Waals surface area contributed by atoms with Gasteiger partial charge in [0.25, 0.3) is 0 Å². The van der Waals surface area contributed by atoms with Gasteiger partial charge in [-0.25, -0.2) is 0 Å². The predicted molar refractivity (Wildman–Crippen MR) is 73.6 cm³/mol. The lowest BCUT2D eigenvalue weighted by molar-refractivity contribution is -0.139. The van der Waals surface area contributed by atoms with Crippen molar-refractivity contribution in [1.29, 1.82) is 0 Å². The Balaban J connectivity index is 2.27. The lowest BCUT2D eigenvalue weighted by atomic mass is 10.0. The number of hydrogen-bond donors (Lipinski definition) is 3. The van der Waals surface area contributed by atoms with E-state index in [9.17, 15) is 15.0 Å². The van der Waals surface area contributed by atoms with Gasteiger partial charge in [0.1, 0.15) is 17.5 Å². The first-order valence-electron chi connectivity index (χ1n) is 5.88. The standard InChI is InChI=1S/C13H17NO4S/c1-13(2)10(12(16)17)14-11(19-13)8-5-4-7(18-3)6-9(8)15/h4-6,10-11,14-15H,1-3H3,(H,16,17)/t10-,11-/m1/s1. The van der Waals surface area contributed by atoms with E-state index in [1.54, 1.807) is 12.1 Å². The lowest BCUT2D eigenvalue weighted by Gasteiger charge is -2.20. The van der Waals surface area contributed by atoms with Crippen LogP contribution in [0.5, 0.6) is 11.5 Å². The summed E-state index contributed by atoms with van der Waals surface area (Å²) in [6.07, 6.45) is 0. The van der Waals surface area contributed by atoms with E-state index < -0.39 is 16.8 Å². The molecule has 0 amide bonds. The van der Waals surface area contributed by atoms with E-state index in [-0.39, 0.29) is 11.1 Å². The van der Waals surface area contributed by atoms with Gasteiger partial charge >= 0.3 is 5.97 Å². The van der Waals surface area contributed by atoms with Crippen molar-refractivity contribution in [2.75, 3.05) is 7.11 Å². The number of methoxy groups -OCH3 is 1. The van der Waals surface area contributed by atoms with Gasteiger partial charge in [0.2, 0.25) is 0 Å². The molecule has 1 aromatic rings. The molecule has 1 aromatic carbocycles. The predicted octanol–water partition coefficient (Wildman–Crippen LogP) is 1.97. The maximum Gasteiger partial charge on any atom is 0.322 e. The molecule has 1 aliphatic heterocycles. The molecule has 104 valence electrons. The number of carbonyl (C=O) groups is 1. The number of ether oxygens (including phenoxy) is 1. The summed E-state index contributed by atoms with van der Waals surface area (Å²) >= 11 is 1.49. The van der Waals surface area contributed by atoms with Gasteiger partial charge in [0.15, 0.2) is 0 Å². The molecule has 2 rings (SSSR count). The van der Waals surface area contributed by atoms with Crippen molar-refractivity contribution in [2.24, 2.45) is 0 Å². The van der Waals surface area contributed by atoms with Crippen LogP contribution in [-0.4, -0.2) is 34.1 Å². The second-order valence-corrected chi connectivity index (χ2v) is 6.72. The van der Waals surface area contributed by atoms with Gasteiger partial charge in [-0.15, -0.1) is 11.8 Å². The molecule has 6 heteroatoms. The molecule has 1 saturated heterocycles. The molecule has 0 bridgehead atoms. The number of phenolic OH excluding ortho intramolecular Hbond substituents is 1. The third-order valence-corrected chi connectivity index (χ3v) is 4.67. The van der Waals surface area contributed by atoms with Crippen LogP contribution in [0.2, 0.25) is 0 Å². The van der Waals surface area contributed by atoms with Crippen molar-refractivity contribution >= 4 is 17.7 Å². The fourth-order valence-electron chi connectivity index (χ4n) is 2.15. The largest absolute Gasteiger partial charge is 0.507 e. The molecule has 0 aromatic heterocycles. The van der Waals surface area contributed by atoms with Crippen molar-refractivity contribution < 1.29 is 19.7 Å². The Hall–Kier alpha value is -1.40. The minimum Gasteiger partial charge on any atom is -0.507 e. The summed E-state index contributed by atoms with van der Waals surface area (Å²) in [6.45, 7) is 3.76. The van der Waals surface area contributed by atoms with Gasteiger partial charge < -0.3 is 14.9 Å². The Kier molecular flexibility index (Phi) is 3.64. The number of hydrogen-bond acceptors (Lipinski definition) is 5. The molecule has 0 saturated carbocycles. The SMILES string of the molecule is COc1ccc([C@@H]2N[C@H](C(=O)O)C(C)(C)S2)c(O)c1. The number of nitrogens with one attached hydrogen (secondary N) is 1. The van der Waals surface area contributed by atoms with Crippen LogP contribution in [-0.2, 0) is 4.79 Å². The Morgan fingerprint density at radius 3 is 2.63 bits per heavy atom. The van der Waals surface area contributed by atoms with Gasteiger partial charge in [0.05, 0.1) is 12.5 Å². The van der Waals surface area contributed by atoms with E-state index in [1.165, 1.54) is 24.9 Å². The second-order valence-electron chi connectivity index (χ2n) is 4.96. The smallest absolute Gasteiger partial charge is 0.322 e. The highest BCUT2D eigenvalue weighted by molar-refractivity contribution is 8.01. The minimum atomic E-state index is -0.881. The zero-order valence-corrected chi connectivity index (χ0v) is 11.8. The molecule has 0 aliphatic carbocycles. The number of aliphatic carboxylic acids is 1. The zero-order valence-electron chi connectivity index (χ0n) is 11.0. The van der Waals surface area contributed by atoms with Gasteiger partial charge in [-0.1, -0.05) is 0 Å².